The molecule has 112 valence electrons. The third kappa shape index (κ3) is 2.78. The summed E-state index contributed by atoms with van der Waals surface area (Å²) in [5.74, 6) is -0.770. The smallest absolute Gasteiger partial charge is 0.266 e. The Kier molecular flexibility index (Phi) is 3.78. The van der Waals surface area contributed by atoms with Crippen molar-refractivity contribution in [1.82, 2.24) is 9.78 Å². The van der Waals surface area contributed by atoms with Crippen LogP contribution in [0.15, 0.2) is 35.8 Å². The second-order valence-corrected chi connectivity index (χ2v) is 6.56. The Hall–Kier alpha value is -2.45. The molecule has 3 heterocycles. The number of carbonyl (C=O) groups excluding carboxylic acids is 2. The van der Waals surface area contributed by atoms with E-state index in [1.54, 1.807) is 24.5 Å². The van der Waals surface area contributed by atoms with Crippen molar-refractivity contribution in [2.75, 3.05) is 5.32 Å². The fraction of sp³-hybridized carbons (Fsp3) is 0.0714. The number of aryl methyl sites for hydroxylation is 1. The van der Waals surface area contributed by atoms with Gasteiger partial charge in [0.05, 0.1) is 4.88 Å². The first-order valence-electron chi connectivity index (χ1n) is 6.33. The van der Waals surface area contributed by atoms with Crippen molar-refractivity contribution in [2.24, 2.45) is 12.8 Å². The predicted molar refractivity (Wildman–Crippen MR) is 87.3 cm³/mol. The number of hydrogen-bond donors (Lipinski definition) is 2. The van der Waals surface area contributed by atoms with E-state index in [-0.39, 0.29) is 17.3 Å². The third-order valence-corrected chi connectivity index (χ3v) is 5.07. The second kappa shape index (κ2) is 5.74. The molecule has 3 aromatic rings. The summed E-state index contributed by atoms with van der Waals surface area (Å²) < 4.78 is 1.43. The molecule has 0 saturated carbocycles. The van der Waals surface area contributed by atoms with Crippen LogP contribution in [0.4, 0.5) is 5.82 Å². The number of nitrogens with zero attached hydrogens (tertiary/aromatic N) is 2. The summed E-state index contributed by atoms with van der Waals surface area (Å²) >= 11 is 3.00. The van der Waals surface area contributed by atoms with E-state index in [0.29, 0.717) is 4.88 Å². The maximum absolute atomic E-state index is 12.3. The van der Waals surface area contributed by atoms with Gasteiger partial charge in [-0.2, -0.15) is 5.10 Å². The molecule has 3 aromatic heterocycles. The highest BCUT2D eigenvalue weighted by molar-refractivity contribution is 7.22. The van der Waals surface area contributed by atoms with E-state index < -0.39 is 5.91 Å². The van der Waals surface area contributed by atoms with Gasteiger partial charge < -0.3 is 11.1 Å². The molecule has 0 atom stereocenters. The topological polar surface area (TPSA) is 90.0 Å². The van der Waals surface area contributed by atoms with E-state index in [9.17, 15) is 9.59 Å². The van der Waals surface area contributed by atoms with Gasteiger partial charge in [-0.25, -0.2) is 0 Å². The maximum atomic E-state index is 12.3. The first-order chi connectivity index (χ1) is 10.5. The van der Waals surface area contributed by atoms with Crippen LogP contribution in [0.1, 0.15) is 20.0 Å². The van der Waals surface area contributed by atoms with Crippen LogP contribution in [0.5, 0.6) is 0 Å². The van der Waals surface area contributed by atoms with Gasteiger partial charge >= 0.3 is 0 Å². The molecule has 3 N–H and O–H groups in total. The number of carbonyl (C=O) groups is 2. The number of thiophene rings is 2. The van der Waals surface area contributed by atoms with Crippen molar-refractivity contribution in [3.8, 4) is 9.75 Å². The second-order valence-electron chi connectivity index (χ2n) is 4.52. The summed E-state index contributed by atoms with van der Waals surface area (Å²) in [6.45, 7) is 0. The minimum atomic E-state index is -0.631. The molecule has 6 nitrogen and oxygen atoms in total. The number of rotatable bonds is 4. The van der Waals surface area contributed by atoms with Gasteiger partial charge in [-0.3, -0.25) is 14.3 Å². The summed E-state index contributed by atoms with van der Waals surface area (Å²) in [6, 6.07) is 7.62. The fourth-order valence-corrected chi connectivity index (χ4v) is 3.68. The molecule has 0 unspecified atom stereocenters. The minimum absolute atomic E-state index is 0.172. The lowest BCUT2D eigenvalue weighted by Gasteiger charge is -2.01. The lowest BCUT2D eigenvalue weighted by Crippen LogP contribution is -2.16. The average Bonchev–Trinajstić information content (AvgIpc) is 3.17. The third-order valence-electron chi connectivity index (χ3n) is 2.92. The van der Waals surface area contributed by atoms with E-state index in [4.69, 9.17) is 5.73 Å². The molecular weight excluding hydrogens is 320 g/mol. The molecule has 0 aliphatic rings. The number of amides is 2. The summed E-state index contributed by atoms with van der Waals surface area (Å²) in [7, 11) is 1.65. The van der Waals surface area contributed by atoms with E-state index in [1.165, 1.54) is 22.2 Å². The predicted octanol–water partition coefficient (Wildman–Crippen LogP) is 2.56. The van der Waals surface area contributed by atoms with E-state index in [2.05, 4.69) is 10.4 Å². The van der Waals surface area contributed by atoms with Crippen LogP contribution in [0.3, 0.4) is 0 Å². The zero-order valence-corrected chi connectivity index (χ0v) is 13.2. The van der Waals surface area contributed by atoms with Crippen LogP contribution in [0.25, 0.3) is 9.75 Å². The van der Waals surface area contributed by atoms with Gasteiger partial charge in [-0.05, 0) is 23.6 Å². The molecule has 0 aromatic carbocycles. The van der Waals surface area contributed by atoms with Gasteiger partial charge in [0.15, 0.2) is 5.82 Å². The van der Waals surface area contributed by atoms with Crippen LogP contribution in [-0.4, -0.2) is 21.6 Å². The van der Waals surface area contributed by atoms with Crippen LogP contribution in [0, 0.1) is 0 Å². The molecule has 0 aliphatic heterocycles. The van der Waals surface area contributed by atoms with Crippen LogP contribution in [0.2, 0.25) is 0 Å². The van der Waals surface area contributed by atoms with Crippen molar-refractivity contribution in [3.05, 3.63) is 46.3 Å². The zero-order chi connectivity index (χ0) is 15.7. The van der Waals surface area contributed by atoms with Crippen LogP contribution < -0.4 is 11.1 Å². The van der Waals surface area contributed by atoms with Gasteiger partial charge in [0.2, 0.25) is 0 Å². The van der Waals surface area contributed by atoms with E-state index >= 15 is 0 Å². The Balaban J connectivity index is 1.82. The van der Waals surface area contributed by atoms with Gasteiger partial charge in [0.1, 0.15) is 5.56 Å². The molecule has 0 aliphatic carbocycles. The summed E-state index contributed by atoms with van der Waals surface area (Å²) in [6.07, 6.45) is 1.48. The largest absolute Gasteiger partial charge is 0.365 e. The molecule has 8 heteroatoms. The highest BCUT2D eigenvalue weighted by Gasteiger charge is 2.17. The highest BCUT2D eigenvalue weighted by Crippen LogP contribution is 2.31. The SMILES string of the molecule is Cn1cc(C(N)=O)c(NC(=O)c2ccc(-c3cccs3)s2)n1. The molecule has 2 amide bonds. The van der Waals surface area contributed by atoms with Crippen LogP contribution in [-0.2, 0) is 7.05 Å². The number of nitrogens with two attached hydrogens (primary N) is 1. The molecule has 0 spiro atoms. The standard InChI is InChI=1S/C14H12N4O2S2/c1-18-7-8(12(15)19)13(17-18)16-14(20)11-5-4-10(22-11)9-3-2-6-21-9/h2-7H,1H3,(H2,15,19)(H,16,17,20). The number of anilines is 1. The van der Waals surface area contributed by atoms with Crippen LogP contribution >= 0.6 is 22.7 Å². The Bertz CT molecular complexity index is 833. The van der Waals surface area contributed by atoms with E-state index in [0.717, 1.165) is 9.75 Å². The number of nitrogens with one attached hydrogen (secondary N) is 1. The molecule has 0 bridgehead atoms. The van der Waals surface area contributed by atoms with Gasteiger partial charge in [-0.15, -0.1) is 22.7 Å². The van der Waals surface area contributed by atoms with Crippen molar-refractivity contribution < 1.29 is 9.59 Å². The zero-order valence-electron chi connectivity index (χ0n) is 11.6. The van der Waals surface area contributed by atoms with Crippen molar-refractivity contribution in [1.29, 1.82) is 0 Å². The van der Waals surface area contributed by atoms with Crippen molar-refractivity contribution in [3.63, 3.8) is 0 Å². The lowest BCUT2D eigenvalue weighted by atomic mass is 10.3. The molecule has 3 rings (SSSR count). The van der Waals surface area contributed by atoms with Gasteiger partial charge in [-0.1, -0.05) is 6.07 Å². The van der Waals surface area contributed by atoms with Crippen molar-refractivity contribution in [2.45, 2.75) is 0 Å². The summed E-state index contributed by atoms with van der Waals surface area (Å²) in [5, 5.41) is 8.66. The number of primary amides is 1. The first kappa shape index (κ1) is 14.5. The van der Waals surface area contributed by atoms with Gasteiger partial charge in [0.25, 0.3) is 11.8 Å². The Labute approximate surface area is 134 Å². The Morgan fingerprint density at radius 2 is 2.09 bits per heavy atom. The molecular formula is C14H12N4O2S2. The number of aromatic nitrogens is 2. The first-order valence-corrected chi connectivity index (χ1v) is 8.02. The Morgan fingerprint density at radius 1 is 1.27 bits per heavy atom. The monoisotopic (exact) mass is 332 g/mol. The Morgan fingerprint density at radius 3 is 2.77 bits per heavy atom. The average molecular weight is 332 g/mol. The molecule has 22 heavy (non-hydrogen) atoms. The fourth-order valence-electron chi connectivity index (χ4n) is 1.94. The summed E-state index contributed by atoms with van der Waals surface area (Å²) in [5.41, 5.74) is 5.46. The lowest BCUT2D eigenvalue weighted by molar-refractivity contribution is 0.100. The van der Waals surface area contributed by atoms with E-state index in [1.807, 2.05) is 23.6 Å². The molecule has 0 radical (unpaired) electrons. The molecule has 0 saturated heterocycles. The number of hydrogen-bond acceptors (Lipinski definition) is 5. The van der Waals surface area contributed by atoms with Crippen molar-refractivity contribution >= 4 is 40.3 Å². The minimum Gasteiger partial charge on any atom is -0.365 e. The maximum Gasteiger partial charge on any atom is 0.266 e. The van der Waals surface area contributed by atoms with Gasteiger partial charge in [0, 0.05) is 23.0 Å². The normalized spacial score (nSPS) is 10.6. The summed E-state index contributed by atoms with van der Waals surface area (Å²) in [4.78, 5) is 26.3. The highest BCUT2D eigenvalue weighted by atomic mass is 32.1. The molecule has 0 fully saturated rings. The quantitative estimate of drug-likeness (QED) is 0.769.